The molecule has 0 aliphatic carbocycles. The minimum absolute atomic E-state index is 0.0162. The molecular weight excluding hydrogens is 156 g/mol. The minimum atomic E-state index is -2.70. The van der Waals surface area contributed by atoms with Gasteiger partial charge >= 0.3 is 11.9 Å². The third-order valence-corrected chi connectivity index (χ3v) is 1.42. The fraction of sp³-hybridized carbons (Fsp3) is 0.800. The minimum Gasteiger partial charge on any atom is -0.481 e. The van der Waals surface area contributed by atoms with Crippen molar-refractivity contribution in [2.45, 2.75) is 12.4 Å². The Bertz CT molecular complexity index is 164. The Hall–Kier alpha value is -0.690. The number of carboxylic acids is 1. The van der Waals surface area contributed by atoms with Crippen molar-refractivity contribution < 1.29 is 29.9 Å². The molecule has 0 saturated carbocycles. The van der Waals surface area contributed by atoms with Crippen LogP contribution in [0.1, 0.15) is 6.42 Å². The molecule has 0 aromatic rings. The summed E-state index contributed by atoms with van der Waals surface area (Å²) in [5.74, 6) is -5.38. The van der Waals surface area contributed by atoms with E-state index in [0.29, 0.717) is 0 Å². The van der Waals surface area contributed by atoms with Crippen LogP contribution in [0.2, 0.25) is 0 Å². The van der Waals surface area contributed by atoms with Crippen molar-refractivity contribution in [1.82, 2.24) is 0 Å². The molecule has 1 atom stereocenters. The van der Waals surface area contributed by atoms with Crippen LogP contribution in [-0.4, -0.2) is 33.9 Å². The molecular formula is C5H8O6. The van der Waals surface area contributed by atoms with Crippen LogP contribution < -0.4 is 0 Å². The van der Waals surface area contributed by atoms with E-state index in [4.69, 9.17) is 15.3 Å². The number of hydrogen-bond donors (Lipinski definition) is 3. The Balaban J connectivity index is 2.67. The van der Waals surface area contributed by atoms with Gasteiger partial charge in [0.15, 0.2) is 0 Å². The quantitative estimate of drug-likeness (QED) is 0.328. The summed E-state index contributed by atoms with van der Waals surface area (Å²) in [6.07, 6.45) is 0.0162. The second-order valence-electron chi connectivity index (χ2n) is 2.24. The monoisotopic (exact) mass is 164 g/mol. The van der Waals surface area contributed by atoms with Gasteiger partial charge in [0, 0.05) is 0 Å². The van der Waals surface area contributed by atoms with E-state index in [-0.39, 0.29) is 13.0 Å². The van der Waals surface area contributed by atoms with Gasteiger partial charge in [-0.2, -0.15) is 4.89 Å². The first-order chi connectivity index (χ1) is 5.04. The lowest BCUT2D eigenvalue weighted by Crippen LogP contribution is -2.48. The highest BCUT2D eigenvalue weighted by Crippen LogP contribution is 2.24. The summed E-state index contributed by atoms with van der Waals surface area (Å²) >= 11 is 0. The third kappa shape index (κ3) is 1.66. The number of carbonyl (C=O) groups is 1. The van der Waals surface area contributed by atoms with Crippen molar-refractivity contribution in [1.29, 1.82) is 0 Å². The average molecular weight is 164 g/mol. The van der Waals surface area contributed by atoms with Gasteiger partial charge in [-0.3, -0.25) is 4.79 Å². The molecule has 11 heavy (non-hydrogen) atoms. The maximum Gasteiger partial charge on any atom is 0.320 e. The molecule has 6 nitrogen and oxygen atoms in total. The smallest absolute Gasteiger partial charge is 0.320 e. The largest absolute Gasteiger partial charge is 0.481 e. The molecule has 0 spiro atoms. The van der Waals surface area contributed by atoms with E-state index in [9.17, 15) is 4.79 Å². The van der Waals surface area contributed by atoms with Crippen LogP contribution in [0.15, 0.2) is 0 Å². The van der Waals surface area contributed by atoms with E-state index in [2.05, 4.69) is 9.78 Å². The van der Waals surface area contributed by atoms with Gasteiger partial charge in [-0.1, -0.05) is 0 Å². The molecule has 0 aromatic heterocycles. The average Bonchev–Trinajstić information content (AvgIpc) is 1.85. The van der Waals surface area contributed by atoms with Crippen molar-refractivity contribution in [2.24, 2.45) is 5.92 Å². The van der Waals surface area contributed by atoms with Crippen molar-refractivity contribution in [3.8, 4) is 0 Å². The normalized spacial score (nSPS) is 29.8. The lowest BCUT2D eigenvalue weighted by molar-refractivity contribution is -0.518. The SMILES string of the molecule is O=C(O)[C@H]1CCOOC1(O)O. The van der Waals surface area contributed by atoms with Gasteiger partial charge in [0.2, 0.25) is 0 Å². The third-order valence-electron chi connectivity index (χ3n) is 1.42. The molecule has 0 radical (unpaired) electrons. The highest BCUT2D eigenvalue weighted by Gasteiger charge is 2.45. The number of aliphatic carboxylic acids is 1. The summed E-state index contributed by atoms with van der Waals surface area (Å²) < 4.78 is 0. The Morgan fingerprint density at radius 1 is 1.55 bits per heavy atom. The van der Waals surface area contributed by atoms with Crippen molar-refractivity contribution in [3.05, 3.63) is 0 Å². The summed E-state index contributed by atoms with van der Waals surface area (Å²) in [6.45, 7) is 0.0415. The number of aliphatic hydroxyl groups is 2. The van der Waals surface area contributed by atoms with E-state index < -0.39 is 17.9 Å². The van der Waals surface area contributed by atoms with Gasteiger partial charge in [-0.15, -0.1) is 0 Å². The van der Waals surface area contributed by atoms with E-state index in [1.807, 2.05) is 0 Å². The van der Waals surface area contributed by atoms with Crippen LogP contribution >= 0.6 is 0 Å². The fourth-order valence-corrected chi connectivity index (χ4v) is 0.825. The lowest BCUT2D eigenvalue weighted by Gasteiger charge is -2.30. The Morgan fingerprint density at radius 3 is 2.55 bits per heavy atom. The maximum atomic E-state index is 10.3. The molecule has 1 saturated heterocycles. The Morgan fingerprint density at radius 2 is 2.18 bits per heavy atom. The molecule has 64 valence electrons. The van der Waals surface area contributed by atoms with Gasteiger partial charge < -0.3 is 15.3 Å². The molecule has 1 fully saturated rings. The summed E-state index contributed by atoms with van der Waals surface area (Å²) in [7, 11) is 0. The second kappa shape index (κ2) is 2.74. The van der Waals surface area contributed by atoms with Crippen LogP contribution in [0.25, 0.3) is 0 Å². The van der Waals surface area contributed by atoms with Crippen molar-refractivity contribution in [2.75, 3.05) is 6.61 Å². The van der Waals surface area contributed by atoms with E-state index in [0.717, 1.165) is 0 Å². The predicted molar refractivity (Wildman–Crippen MR) is 29.9 cm³/mol. The zero-order valence-corrected chi connectivity index (χ0v) is 5.56. The summed E-state index contributed by atoms with van der Waals surface area (Å²) in [5, 5.41) is 26.1. The molecule has 0 unspecified atom stereocenters. The lowest BCUT2D eigenvalue weighted by atomic mass is 10.0. The second-order valence-corrected chi connectivity index (χ2v) is 2.24. The van der Waals surface area contributed by atoms with Crippen molar-refractivity contribution in [3.63, 3.8) is 0 Å². The number of carboxylic acid groups (broad SMARTS) is 1. The highest BCUT2D eigenvalue weighted by molar-refractivity contribution is 5.70. The van der Waals surface area contributed by atoms with E-state index in [1.54, 1.807) is 0 Å². The zero-order valence-electron chi connectivity index (χ0n) is 5.56. The molecule has 1 aliphatic rings. The predicted octanol–water partition coefficient (Wildman–Crippen LogP) is -1.32. The number of rotatable bonds is 1. The topological polar surface area (TPSA) is 96.2 Å². The molecule has 6 heteroatoms. The molecule has 1 heterocycles. The van der Waals surface area contributed by atoms with Crippen molar-refractivity contribution >= 4 is 5.97 Å². The first kappa shape index (κ1) is 8.41. The molecule has 0 amide bonds. The molecule has 1 rings (SSSR count). The Labute approximate surface area is 61.9 Å². The summed E-state index contributed by atoms with van der Waals surface area (Å²) in [4.78, 5) is 18.5. The zero-order chi connectivity index (χ0) is 8.48. The highest BCUT2D eigenvalue weighted by atomic mass is 17.2. The van der Waals surface area contributed by atoms with Crippen LogP contribution in [0.3, 0.4) is 0 Å². The van der Waals surface area contributed by atoms with Gasteiger partial charge in [0.25, 0.3) is 0 Å². The molecule has 0 aromatic carbocycles. The van der Waals surface area contributed by atoms with Crippen LogP contribution in [0, 0.1) is 5.92 Å². The fourth-order valence-electron chi connectivity index (χ4n) is 0.825. The Kier molecular flexibility index (Phi) is 2.10. The van der Waals surface area contributed by atoms with E-state index in [1.165, 1.54) is 0 Å². The first-order valence-electron chi connectivity index (χ1n) is 3.02. The van der Waals surface area contributed by atoms with Crippen LogP contribution in [0.4, 0.5) is 0 Å². The van der Waals surface area contributed by atoms with Gasteiger partial charge in [-0.05, 0) is 6.42 Å². The van der Waals surface area contributed by atoms with Gasteiger partial charge in [0.1, 0.15) is 5.92 Å². The standard InChI is InChI=1S/C5H8O6/c6-4(7)3-1-2-10-11-5(3,8)9/h3,8-9H,1-2H2,(H,6,7)/t3-/m1/s1. The first-order valence-corrected chi connectivity index (χ1v) is 3.02. The van der Waals surface area contributed by atoms with Crippen LogP contribution in [-0.2, 0) is 14.6 Å². The molecule has 3 N–H and O–H groups in total. The van der Waals surface area contributed by atoms with E-state index >= 15 is 0 Å². The molecule has 0 bridgehead atoms. The van der Waals surface area contributed by atoms with Gasteiger partial charge in [-0.25, -0.2) is 4.89 Å². The summed E-state index contributed by atoms with van der Waals surface area (Å²) in [5.41, 5.74) is 0. The number of hydrogen-bond acceptors (Lipinski definition) is 5. The van der Waals surface area contributed by atoms with Crippen LogP contribution in [0.5, 0.6) is 0 Å². The molecule has 1 aliphatic heterocycles. The maximum absolute atomic E-state index is 10.3. The summed E-state index contributed by atoms with van der Waals surface area (Å²) in [6, 6.07) is 0. The van der Waals surface area contributed by atoms with Gasteiger partial charge in [0.05, 0.1) is 6.61 Å².